The van der Waals surface area contributed by atoms with Gasteiger partial charge in [0.25, 0.3) is 0 Å². The van der Waals surface area contributed by atoms with Crippen LogP contribution in [0.3, 0.4) is 0 Å². The zero-order chi connectivity index (χ0) is 10.8. The molecule has 0 radical (unpaired) electrons. The first-order chi connectivity index (χ1) is 7.18. The summed E-state index contributed by atoms with van der Waals surface area (Å²) in [6.07, 6.45) is 0.891. The van der Waals surface area contributed by atoms with Crippen LogP contribution in [-0.4, -0.2) is 22.8 Å². The summed E-state index contributed by atoms with van der Waals surface area (Å²) >= 11 is 0. The van der Waals surface area contributed by atoms with E-state index < -0.39 is 11.9 Å². The third-order valence-corrected chi connectivity index (χ3v) is 2.60. The summed E-state index contributed by atoms with van der Waals surface area (Å²) in [5.74, 6) is -0.720. The summed E-state index contributed by atoms with van der Waals surface area (Å²) in [5.41, 5.74) is 0.764. The molecule has 0 fully saturated rings. The van der Waals surface area contributed by atoms with Gasteiger partial charge in [-0.2, -0.15) is 0 Å². The number of fused-ring (bicyclic) bond motifs is 1. The van der Waals surface area contributed by atoms with Crippen molar-refractivity contribution in [3.63, 3.8) is 0 Å². The van der Waals surface area contributed by atoms with Crippen LogP contribution in [0.2, 0.25) is 0 Å². The Balaban J connectivity index is 2.34. The van der Waals surface area contributed by atoms with Gasteiger partial charge in [-0.05, 0) is 24.5 Å². The van der Waals surface area contributed by atoms with Gasteiger partial charge in [0.05, 0.1) is 12.5 Å². The average molecular weight is 208 g/mol. The van der Waals surface area contributed by atoms with Gasteiger partial charge in [-0.15, -0.1) is 0 Å². The highest BCUT2D eigenvalue weighted by Crippen LogP contribution is 2.34. The molecule has 0 spiro atoms. The fraction of sp³-hybridized carbons (Fsp3) is 0.364. The zero-order valence-electron chi connectivity index (χ0n) is 8.14. The summed E-state index contributed by atoms with van der Waals surface area (Å²) in [6.45, 7) is 0.335. The number of phenols is 1. The molecule has 1 aromatic rings. The summed E-state index contributed by atoms with van der Waals surface area (Å²) in [7, 11) is 0. The highest BCUT2D eigenvalue weighted by Gasteiger charge is 2.24. The molecular weight excluding hydrogens is 196 g/mol. The van der Waals surface area contributed by atoms with E-state index in [1.807, 2.05) is 0 Å². The maximum absolute atomic E-state index is 10.9. The molecule has 1 atom stereocenters. The van der Waals surface area contributed by atoms with Crippen molar-refractivity contribution >= 4 is 5.97 Å². The topological polar surface area (TPSA) is 66.8 Å². The number of ether oxygens (including phenoxy) is 1. The summed E-state index contributed by atoms with van der Waals surface area (Å²) in [4.78, 5) is 10.9. The second-order valence-corrected chi connectivity index (χ2v) is 3.64. The molecule has 1 aliphatic rings. The minimum atomic E-state index is -0.810. The molecule has 1 aliphatic heterocycles. The van der Waals surface area contributed by atoms with E-state index in [2.05, 4.69) is 0 Å². The second-order valence-electron chi connectivity index (χ2n) is 3.64. The fourth-order valence-corrected chi connectivity index (χ4v) is 1.78. The van der Waals surface area contributed by atoms with E-state index in [1.54, 1.807) is 18.2 Å². The number of para-hydroxylation sites is 1. The van der Waals surface area contributed by atoms with E-state index in [4.69, 9.17) is 9.84 Å². The van der Waals surface area contributed by atoms with Crippen LogP contribution < -0.4 is 4.74 Å². The molecule has 0 saturated heterocycles. The van der Waals surface area contributed by atoms with Crippen LogP contribution in [0.1, 0.15) is 12.0 Å². The van der Waals surface area contributed by atoms with Gasteiger partial charge in [-0.1, -0.05) is 12.1 Å². The van der Waals surface area contributed by atoms with Crippen LogP contribution in [0.25, 0.3) is 0 Å². The summed E-state index contributed by atoms with van der Waals surface area (Å²) < 4.78 is 5.35. The van der Waals surface area contributed by atoms with Crippen molar-refractivity contribution in [3.05, 3.63) is 23.8 Å². The SMILES string of the molecule is O=C(O)C1CCOc2c(O)cccc2C1. The minimum absolute atomic E-state index is 0.0820. The van der Waals surface area contributed by atoms with Crippen LogP contribution >= 0.6 is 0 Å². The summed E-state index contributed by atoms with van der Waals surface area (Å²) in [5, 5.41) is 18.5. The van der Waals surface area contributed by atoms with Crippen molar-refractivity contribution in [3.8, 4) is 11.5 Å². The van der Waals surface area contributed by atoms with Gasteiger partial charge >= 0.3 is 5.97 Å². The highest BCUT2D eigenvalue weighted by atomic mass is 16.5. The number of rotatable bonds is 1. The molecule has 15 heavy (non-hydrogen) atoms. The van der Waals surface area contributed by atoms with Crippen LogP contribution in [0, 0.1) is 5.92 Å². The molecule has 0 saturated carbocycles. The Bertz CT molecular complexity index is 386. The van der Waals surface area contributed by atoms with E-state index in [0.717, 1.165) is 5.56 Å². The molecule has 1 aromatic carbocycles. The number of aromatic hydroxyl groups is 1. The Labute approximate surface area is 87.1 Å². The number of carbonyl (C=O) groups is 1. The van der Waals surface area contributed by atoms with Crippen molar-refractivity contribution in [2.45, 2.75) is 12.8 Å². The molecule has 4 heteroatoms. The number of benzene rings is 1. The van der Waals surface area contributed by atoms with Crippen LogP contribution in [0.15, 0.2) is 18.2 Å². The lowest BCUT2D eigenvalue weighted by Crippen LogP contribution is -2.16. The molecule has 1 heterocycles. The number of hydrogen-bond acceptors (Lipinski definition) is 3. The average Bonchev–Trinajstić information content (AvgIpc) is 2.40. The zero-order valence-corrected chi connectivity index (χ0v) is 8.14. The van der Waals surface area contributed by atoms with Gasteiger partial charge in [0, 0.05) is 0 Å². The number of carboxylic acid groups (broad SMARTS) is 1. The molecule has 2 N–H and O–H groups in total. The van der Waals surface area contributed by atoms with Gasteiger partial charge < -0.3 is 14.9 Å². The molecule has 80 valence electrons. The maximum atomic E-state index is 10.9. The largest absolute Gasteiger partial charge is 0.504 e. The predicted molar refractivity (Wildman–Crippen MR) is 53.0 cm³/mol. The number of carboxylic acids is 1. The van der Waals surface area contributed by atoms with E-state index in [-0.39, 0.29) is 5.75 Å². The maximum Gasteiger partial charge on any atom is 0.306 e. The van der Waals surface area contributed by atoms with Crippen molar-refractivity contribution in [2.24, 2.45) is 5.92 Å². The lowest BCUT2D eigenvalue weighted by Gasteiger charge is -2.08. The lowest BCUT2D eigenvalue weighted by molar-refractivity contribution is -0.142. The summed E-state index contributed by atoms with van der Waals surface area (Å²) in [6, 6.07) is 5.03. The van der Waals surface area contributed by atoms with E-state index in [0.29, 0.717) is 25.2 Å². The molecule has 0 amide bonds. The Morgan fingerprint density at radius 1 is 1.47 bits per heavy atom. The Hall–Kier alpha value is -1.71. The van der Waals surface area contributed by atoms with Crippen molar-refractivity contribution in [1.82, 2.24) is 0 Å². The Morgan fingerprint density at radius 2 is 2.27 bits per heavy atom. The third kappa shape index (κ3) is 1.88. The molecule has 0 aromatic heterocycles. The first kappa shape index (κ1) is 9.83. The second kappa shape index (κ2) is 3.81. The molecule has 0 bridgehead atoms. The third-order valence-electron chi connectivity index (χ3n) is 2.60. The molecule has 2 rings (SSSR count). The normalized spacial score (nSPS) is 19.9. The van der Waals surface area contributed by atoms with Crippen molar-refractivity contribution in [2.75, 3.05) is 6.61 Å². The first-order valence-electron chi connectivity index (χ1n) is 4.85. The Kier molecular flexibility index (Phi) is 2.49. The molecular formula is C11H12O4. The Morgan fingerprint density at radius 3 is 3.00 bits per heavy atom. The quantitative estimate of drug-likeness (QED) is 0.732. The monoisotopic (exact) mass is 208 g/mol. The molecule has 4 nitrogen and oxygen atoms in total. The predicted octanol–water partition coefficient (Wildman–Crippen LogP) is 1.42. The van der Waals surface area contributed by atoms with Gasteiger partial charge in [-0.3, -0.25) is 4.79 Å². The fourth-order valence-electron chi connectivity index (χ4n) is 1.78. The van der Waals surface area contributed by atoms with Crippen LogP contribution in [-0.2, 0) is 11.2 Å². The van der Waals surface area contributed by atoms with E-state index in [1.165, 1.54) is 0 Å². The smallest absolute Gasteiger partial charge is 0.306 e. The van der Waals surface area contributed by atoms with Crippen LogP contribution in [0.5, 0.6) is 11.5 Å². The number of hydrogen-bond donors (Lipinski definition) is 2. The number of phenolic OH excluding ortho intramolecular Hbond substituents is 1. The lowest BCUT2D eigenvalue weighted by atomic mass is 9.97. The van der Waals surface area contributed by atoms with Crippen molar-refractivity contribution < 1.29 is 19.7 Å². The minimum Gasteiger partial charge on any atom is -0.504 e. The van der Waals surface area contributed by atoms with Gasteiger partial charge in [-0.25, -0.2) is 0 Å². The first-order valence-corrected chi connectivity index (χ1v) is 4.85. The van der Waals surface area contributed by atoms with Gasteiger partial charge in [0.1, 0.15) is 0 Å². The highest BCUT2D eigenvalue weighted by molar-refractivity contribution is 5.71. The molecule has 1 unspecified atom stereocenters. The standard InChI is InChI=1S/C11H12O4/c12-9-3-1-2-7-6-8(11(13)14)4-5-15-10(7)9/h1-3,8,12H,4-6H2,(H,13,14). The van der Waals surface area contributed by atoms with Crippen LogP contribution in [0.4, 0.5) is 0 Å². The van der Waals surface area contributed by atoms with Gasteiger partial charge in [0.15, 0.2) is 11.5 Å². The van der Waals surface area contributed by atoms with Gasteiger partial charge in [0.2, 0.25) is 0 Å². The van der Waals surface area contributed by atoms with E-state index >= 15 is 0 Å². The van der Waals surface area contributed by atoms with E-state index in [9.17, 15) is 9.90 Å². The number of aliphatic carboxylic acids is 1. The molecule has 0 aliphatic carbocycles. The van der Waals surface area contributed by atoms with Crippen molar-refractivity contribution in [1.29, 1.82) is 0 Å².